The first-order valence-corrected chi connectivity index (χ1v) is 8.59. The van der Waals surface area contributed by atoms with Gasteiger partial charge in [-0.2, -0.15) is 0 Å². The number of hydrogen-bond donors (Lipinski definition) is 1. The normalized spacial score (nSPS) is 18.0. The Hall–Kier alpha value is -1.99. The van der Waals surface area contributed by atoms with E-state index in [2.05, 4.69) is 25.6 Å². The molecule has 3 heterocycles. The van der Waals surface area contributed by atoms with Gasteiger partial charge in [-0.1, -0.05) is 0 Å². The quantitative estimate of drug-likeness (QED) is 0.874. The summed E-state index contributed by atoms with van der Waals surface area (Å²) in [5.41, 5.74) is 3.79. The molecule has 122 valence electrons. The minimum absolute atomic E-state index is 0.0633. The molecular formula is C16H20N4O2S. The van der Waals surface area contributed by atoms with E-state index in [-0.39, 0.29) is 12.0 Å². The van der Waals surface area contributed by atoms with Crippen LogP contribution in [-0.2, 0) is 17.9 Å². The summed E-state index contributed by atoms with van der Waals surface area (Å²) in [4.78, 5) is 21.9. The van der Waals surface area contributed by atoms with Gasteiger partial charge in [0.2, 0.25) is 5.91 Å². The number of nitrogens with one attached hydrogen (secondary N) is 1. The van der Waals surface area contributed by atoms with Gasteiger partial charge in [-0.25, -0.2) is 4.98 Å². The van der Waals surface area contributed by atoms with E-state index in [1.165, 1.54) is 6.92 Å². The summed E-state index contributed by atoms with van der Waals surface area (Å²) in [5.74, 6) is 0.743. The molecule has 1 amide bonds. The molecule has 7 heteroatoms. The Morgan fingerprint density at radius 3 is 3.17 bits per heavy atom. The van der Waals surface area contributed by atoms with Crippen molar-refractivity contribution in [3.63, 3.8) is 0 Å². The van der Waals surface area contributed by atoms with Crippen molar-refractivity contribution in [3.05, 3.63) is 40.6 Å². The number of aromatic nitrogens is 2. The number of pyridine rings is 1. The van der Waals surface area contributed by atoms with Crippen molar-refractivity contribution in [2.75, 3.05) is 13.1 Å². The van der Waals surface area contributed by atoms with Crippen LogP contribution in [0.5, 0.6) is 5.75 Å². The van der Waals surface area contributed by atoms with Crippen LogP contribution in [0.15, 0.2) is 29.2 Å². The lowest BCUT2D eigenvalue weighted by molar-refractivity contribution is -0.119. The second-order valence-electron chi connectivity index (χ2n) is 5.64. The third-order valence-corrected chi connectivity index (χ3v) is 4.34. The van der Waals surface area contributed by atoms with Crippen molar-refractivity contribution >= 4 is 17.2 Å². The summed E-state index contributed by atoms with van der Waals surface area (Å²) in [5, 5.41) is 4.83. The highest BCUT2D eigenvalue weighted by Gasteiger charge is 2.24. The lowest BCUT2D eigenvalue weighted by atomic mass is 10.3. The molecule has 2 aromatic rings. The van der Waals surface area contributed by atoms with Gasteiger partial charge in [0, 0.05) is 44.2 Å². The van der Waals surface area contributed by atoms with Crippen molar-refractivity contribution in [1.29, 1.82) is 0 Å². The van der Waals surface area contributed by atoms with Crippen LogP contribution < -0.4 is 10.1 Å². The molecule has 1 aliphatic heterocycles. The first-order valence-electron chi connectivity index (χ1n) is 7.64. The topological polar surface area (TPSA) is 67.3 Å². The van der Waals surface area contributed by atoms with E-state index in [0.29, 0.717) is 6.54 Å². The standard InChI is InChI=1S/C16H20N4O2S/c1-12(21)18-7-13-6-15(2-4-17-13)22-16-3-5-20(9-16)8-14-10-23-11-19-14/h2,4,6,10-11,16H,3,5,7-9H2,1H3,(H,18,21). The lowest BCUT2D eigenvalue weighted by Gasteiger charge is -2.16. The number of likely N-dealkylation sites (tertiary alicyclic amines) is 1. The monoisotopic (exact) mass is 332 g/mol. The van der Waals surface area contributed by atoms with Gasteiger partial charge in [-0.05, 0) is 12.5 Å². The van der Waals surface area contributed by atoms with Gasteiger partial charge in [0.15, 0.2) is 0 Å². The number of hydrogen-bond acceptors (Lipinski definition) is 6. The number of rotatable bonds is 6. The van der Waals surface area contributed by atoms with Crippen molar-refractivity contribution < 1.29 is 9.53 Å². The van der Waals surface area contributed by atoms with E-state index in [9.17, 15) is 4.79 Å². The molecule has 0 bridgehead atoms. The number of carbonyl (C=O) groups is 1. The molecule has 0 radical (unpaired) electrons. The highest BCUT2D eigenvalue weighted by atomic mass is 32.1. The Labute approximate surface area is 139 Å². The van der Waals surface area contributed by atoms with Crippen LogP contribution in [0.1, 0.15) is 24.7 Å². The van der Waals surface area contributed by atoms with Crippen molar-refractivity contribution in [2.45, 2.75) is 32.5 Å². The van der Waals surface area contributed by atoms with Crippen LogP contribution in [0, 0.1) is 0 Å². The second kappa shape index (κ2) is 7.52. The van der Waals surface area contributed by atoms with E-state index < -0.39 is 0 Å². The van der Waals surface area contributed by atoms with Gasteiger partial charge >= 0.3 is 0 Å². The summed E-state index contributed by atoms with van der Waals surface area (Å²) >= 11 is 1.63. The second-order valence-corrected chi connectivity index (χ2v) is 6.35. The molecule has 0 saturated carbocycles. The van der Waals surface area contributed by atoms with Crippen LogP contribution in [0.3, 0.4) is 0 Å². The summed E-state index contributed by atoms with van der Waals surface area (Å²) in [6.45, 7) is 4.73. The largest absolute Gasteiger partial charge is 0.489 e. The van der Waals surface area contributed by atoms with Gasteiger partial charge < -0.3 is 10.1 Å². The number of thiazole rings is 1. The molecule has 6 nitrogen and oxygen atoms in total. The van der Waals surface area contributed by atoms with E-state index in [0.717, 1.165) is 43.2 Å². The zero-order valence-electron chi connectivity index (χ0n) is 13.1. The molecule has 1 fully saturated rings. The number of amides is 1. The molecule has 2 aromatic heterocycles. The molecule has 1 unspecified atom stereocenters. The van der Waals surface area contributed by atoms with Crippen LogP contribution in [-0.4, -0.2) is 40.0 Å². The van der Waals surface area contributed by atoms with Crippen molar-refractivity contribution in [1.82, 2.24) is 20.2 Å². The van der Waals surface area contributed by atoms with Gasteiger partial charge in [0.05, 0.1) is 23.4 Å². The first kappa shape index (κ1) is 15.9. The molecule has 0 aliphatic carbocycles. The molecule has 1 aliphatic rings. The summed E-state index contributed by atoms with van der Waals surface area (Å²) in [6, 6.07) is 3.75. The van der Waals surface area contributed by atoms with Crippen molar-refractivity contribution in [2.24, 2.45) is 0 Å². The van der Waals surface area contributed by atoms with Gasteiger partial charge in [-0.15, -0.1) is 11.3 Å². The maximum Gasteiger partial charge on any atom is 0.217 e. The third-order valence-electron chi connectivity index (χ3n) is 3.71. The van der Waals surface area contributed by atoms with Crippen LogP contribution in [0.2, 0.25) is 0 Å². The number of carbonyl (C=O) groups excluding carboxylic acids is 1. The molecular weight excluding hydrogens is 312 g/mol. The molecule has 23 heavy (non-hydrogen) atoms. The average Bonchev–Trinajstić information content (AvgIpc) is 3.18. The predicted molar refractivity (Wildman–Crippen MR) is 88.2 cm³/mol. The van der Waals surface area contributed by atoms with E-state index in [1.54, 1.807) is 17.5 Å². The maximum absolute atomic E-state index is 11.0. The fraction of sp³-hybridized carbons (Fsp3) is 0.438. The number of ether oxygens (including phenoxy) is 1. The first-order chi connectivity index (χ1) is 11.2. The van der Waals surface area contributed by atoms with Crippen LogP contribution in [0.4, 0.5) is 0 Å². The highest BCUT2D eigenvalue weighted by molar-refractivity contribution is 7.07. The molecule has 3 rings (SSSR count). The Kier molecular flexibility index (Phi) is 5.19. The Morgan fingerprint density at radius 2 is 2.39 bits per heavy atom. The van der Waals surface area contributed by atoms with Crippen molar-refractivity contribution in [3.8, 4) is 5.75 Å². The van der Waals surface area contributed by atoms with Crippen LogP contribution >= 0.6 is 11.3 Å². The Morgan fingerprint density at radius 1 is 1.48 bits per heavy atom. The average molecular weight is 332 g/mol. The predicted octanol–water partition coefficient (Wildman–Crippen LogP) is 1.83. The zero-order chi connectivity index (χ0) is 16.1. The molecule has 1 saturated heterocycles. The maximum atomic E-state index is 11.0. The Bertz CT molecular complexity index is 647. The molecule has 1 atom stereocenters. The minimum atomic E-state index is -0.0633. The van der Waals surface area contributed by atoms with Gasteiger partial charge in [-0.3, -0.25) is 14.7 Å². The zero-order valence-corrected chi connectivity index (χ0v) is 13.9. The third kappa shape index (κ3) is 4.74. The van der Waals surface area contributed by atoms with Gasteiger partial charge in [0.1, 0.15) is 11.9 Å². The fourth-order valence-electron chi connectivity index (χ4n) is 2.62. The van der Waals surface area contributed by atoms with Gasteiger partial charge in [0.25, 0.3) is 0 Å². The molecule has 1 N–H and O–H groups in total. The Balaban J connectivity index is 1.51. The van der Waals surface area contributed by atoms with E-state index >= 15 is 0 Å². The summed E-state index contributed by atoms with van der Waals surface area (Å²) in [7, 11) is 0. The highest BCUT2D eigenvalue weighted by Crippen LogP contribution is 2.20. The van der Waals surface area contributed by atoms with E-state index in [4.69, 9.17) is 4.74 Å². The SMILES string of the molecule is CC(=O)NCc1cc(OC2CCN(Cc3cscn3)C2)ccn1. The summed E-state index contributed by atoms with van der Waals surface area (Å²) < 4.78 is 6.06. The van der Waals surface area contributed by atoms with Crippen LogP contribution in [0.25, 0.3) is 0 Å². The summed E-state index contributed by atoms with van der Waals surface area (Å²) in [6.07, 6.45) is 2.91. The fourth-order valence-corrected chi connectivity index (χ4v) is 3.16. The number of nitrogens with zero attached hydrogens (tertiary/aromatic N) is 3. The molecule has 0 aromatic carbocycles. The lowest BCUT2D eigenvalue weighted by Crippen LogP contribution is -2.24. The smallest absolute Gasteiger partial charge is 0.217 e. The molecule has 0 spiro atoms. The minimum Gasteiger partial charge on any atom is -0.489 e. The van der Waals surface area contributed by atoms with E-state index in [1.807, 2.05) is 17.6 Å².